The molecular formula is C17H15FN2O2. The van der Waals surface area contributed by atoms with Crippen molar-refractivity contribution in [1.82, 2.24) is 5.32 Å². The summed E-state index contributed by atoms with van der Waals surface area (Å²) in [4.78, 5) is 23.4. The van der Waals surface area contributed by atoms with Gasteiger partial charge in [0.1, 0.15) is 5.82 Å². The van der Waals surface area contributed by atoms with Crippen LogP contribution in [0.2, 0.25) is 0 Å². The standard InChI is InChI=1S/C17H15FN2O2/c18-14-4-2-1-3-11(14)7-8-19-17(22)12-5-6-15-13(9-12)10-16(21)20-15/h1-6,9H,7-8,10H2,(H,19,22)(H,20,21). The molecule has 2 aromatic carbocycles. The zero-order valence-electron chi connectivity index (χ0n) is 11.9. The molecule has 0 saturated heterocycles. The van der Waals surface area contributed by atoms with E-state index in [4.69, 9.17) is 0 Å². The Hall–Kier alpha value is -2.69. The van der Waals surface area contributed by atoms with E-state index < -0.39 is 0 Å². The van der Waals surface area contributed by atoms with Crippen LogP contribution in [0.15, 0.2) is 42.5 Å². The van der Waals surface area contributed by atoms with Crippen LogP contribution in [0, 0.1) is 5.82 Å². The van der Waals surface area contributed by atoms with Crippen LogP contribution in [0.4, 0.5) is 10.1 Å². The van der Waals surface area contributed by atoms with Gasteiger partial charge < -0.3 is 10.6 Å². The molecule has 4 nitrogen and oxygen atoms in total. The molecule has 112 valence electrons. The number of hydrogen-bond donors (Lipinski definition) is 2. The van der Waals surface area contributed by atoms with Gasteiger partial charge in [0.05, 0.1) is 6.42 Å². The molecule has 1 aliphatic heterocycles. The lowest BCUT2D eigenvalue weighted by molar-refractivity contribution is -0.115. The van der Waals surface area contributed by atoms with Crippen LogP contribution >= 0.6 is 0 Å². The Labute approximate surface area is 127 Å². The minimum absolute atomic E-state index is 0.0629. The molecule has 1 heterocycles. The summed E-state index contributed by atoms with van der Waals surface area (Å²) in [5.41, 5.74) is 2.66. The predicted molar refractivity (Wildman–Crippen MR) is 81.2 cm³/mol. The van der Waals surface area contributed by atoms with Crippen molar-refractivity contribution in [2.45, 2.75) is 12.8 Å². The molecule has 0 spiro atoms. The van der Waals surface area contributed by atoms with Crippen molar-refractivity contribution >= 4 is 17.5 Å². The van der Waals surface area contributed by atoms with E-state index in [-0.39, 0.29) is 17.6 Å². The molecule has 0 radical (unpaired) electrons. The first-order valence-electron chi connectivity index (χ1n) is 7.08. The number of benzene rings is 2. The molecule has 2 aromatic rings. The minimum atomic E-state index is -0.265. The van der Waals surface area contributed by atoms with Gasteiger partial charge in [-0.1, -0.05) is 18.2 Å². The maximum atomic E-state index is 13.5. The van der Waals surface area contributed by atoms with Crippen LogP contribution in [0.1, 0.15) is 21.5 Å². The number of amides is 2. The van der Waals surface area contributed by atoms with Crippen molar-refractivity contribution in [3.05, 3.63) is 65.0 Å². The quantitative estimate of drug-likeness (QED) is 0.910. The molecule has 5 heteroatoms. The average molecular weight is 298 g/mol. The fraction of sp³-hybridized carbons (Fsp3) is 0.176. The lowest BCUT2D eigenvalue weighted by Crippen LogP contribution is -2.26. The summed E-state index contributed by atoms with van der Waals surface area (Å²) in [5.74, 6) is -0.551. The molecule has 22 heavy (non-hydrogen) atoms. The Balaban J connectivity index is 1.60. The first-order chi connectivity index (χ1) is 10.6. The van der Waals surface area contributed by atoms with E-state index in [9.17, 15) is 14.0 Å². The lowest BCUT2D eigenvalue weighted by Gasteiger charge is -2.07. The van der Waals surface area contributed by atoms with Crippen LogP contribution in [-0.2, 0) is 17.6 Å². The molecule has 0 aromatic heterocycles. The van der Waals surface area contributed by atoms with E-state index in [2.05, 4.69) is 10.6 Å². The maximum absolute atomic E-state index is 13.5. The Kier molecular flexibility index (Phi) is 3.87. The molecule has 0 aliphatic carbocycles. The number of carbonyl (C=O) groups is 2. The highest BCUT2D eigenvalue weighted by Crippen LogP contribution is 2.23. The van der Waals surface area contributed by atoms with Gasteiger partial charge in [-0.25, -0.2) is 4.39 Å². The Morgan fingerprint density at radius 2 is 2.05 bits per heavy atom. The average Bonchev–Trinajstić information content (AvgIpc) is 2.88. The van der Waals surface area contributed by atoms with Gasteiger partial charge in [-0.2, -0.15) is 0 Å². The van der Waals surface area contributed by atoms with Crippen molar-refractivity contribution in [3.8, 4) is 0 Å². The van der Waals surface area contributed by atoms with Gasteiger partial charge in [-0.15, -0.1) is 0 Å². The molecule has 0 unspecified atom stereocenters. The first kappa shape index (κ1) is 14.3. The minimum Gasteiger partial charge on any atom is -0.352 e. The molecular weight excluding hydrogens is 283 g/mol. The third-order valence-electron chi connectivity index (χ3n) is 3.63. The number of halogens is 1. The van der Waals surface area contributed by atoms with Gasteiger partial charge in [0, 0.05) is 17.8 Å². The third-order valence-corrected chi connectivity index (χ3v) is 3.63. The molecule has 3 rings (SSSR count). The highest BCUT2D eigenvalue weighted by Gasteiger charge is 2.18. The normalized spacial score (nSPS) is 12.7. The second-order valence-electron chi connectivity index (χ2n) is 5.19. The largest absolute Gasteiger partial charge is 0.352 e. The zero-order valence-corrected chi connectivity index (χ0v) is 11.9. The SMILES string of the molecule is O=C1Cc2cc(C(=O)NCCc3ccccc3F)ccc2N1. The Morgan fingerprint density at radius 3 is 2.86 bits per heavy atom. The van der Waals surface area contributed by atoms with Crippen LogP contribution in [-0.4, -0.2) is 18.4 Å². The summed E-state index contributed by atoms with van der Waals surface area (Å²) in [6.45, 7) is 0.355. The smallest absolute Gasteiger partial charge is 0.251 e. The van der Waals surface area contributed by atoms with Crippen molar-refractivity contribution < 1.29 is 14.0 Å². The van der Waals surface area contributed by atoms with E-state index in [1.165, 1.54) is 6.07 Å². The van der Waals surface area contributed by atoms with E-state index in [1.807, 2.05) is 0 Å². The predicted octanol–water partition coefficient (Wildman–Crippen LogP) is 2.29. The van der Waals surface area contributed by atoms with Crippen LogP contribution < -0.4 is 10.6 Å². The second kappa shape index (κ2) is 5.97. The summed E-state index contributed by atoms with van der Waals surface area (Å²) in [7, 11) is 0. The van der Waals surface area contributed by atoms with Crippen LogP contribution in [0.25, 0.3) is 0 Å². The number of anilines is 1. The first-order valence-corrected chi connectivity index (χ1v) is 7.08. The molecule has 1 aliphatic rings. The fourth-order valence-electron chi connectivity index (χ4n) is 2.48. The summed E-state index contributed by atoms with van der Waals surface area (Å²) < 4.78 is 13.5. The topological polar surface area (TPSA) is 58.2 Å². The molecule has 0 saturated carbocycles. The number of hydrogen-bond acceptors (Lipinski definition) is 2. The number of fused-ring (bicyclic) bond motifs is 1. The van der Waals surface area contributed by atoms with Crippen molar-refractivity contribution in [2.24, 2.45) is 0 Å². The maximum Gasteiger partial charge on any atom is 0.251 e. The summed E-state index contributed by atoms with van der Waals surface area (Å²) in [6, 6.07) is 11.6. The van der Waals surface area contributed by atoms with Gasteiger partial charge in [0.25, 0.3) is 5.91 Å². The third kappa shape index (κ3) is 2.98. The summed E-state index contributed by atoms with van der Waals surface area (Å²) in [6.07, 6.45) is 0.731. The summed E-state index contributed by atoms with van der Waals surface area (Å²) in [5, 5.41) is 5.49. The van der Waals surface area contributed by atoms with Crippen molar-refractivity contribution in [2.75, 3.05) is 11.9 Å². The molecule has 2 amide bonds. The Morgan fingerprint density at radius 1 is 1.23 bits per heavy atom. The lowest BCUT2D eigenvalue weighted by atomic mass is 10.1. The van der Waals surface area contributed by atoms with Gasteiger partial charge >= 0.3 is 0 Å². The van der Waals surface area contributed by atoms with Crippen LogP contribution in [0.5, 0.6) is 0 Å². The molecule has 0 fully saturated rings. The second-order valence-corrected chi connectivity index (χ2v) is 5.19. The van der Waals surface area contributed by atoms with Crippen molar-refractivity contribution in [3.63, 3.8) is 0 Å². The molecule has 0 atom stereocenters. The van der Waals surface area contributed by atoms with E-state index in [0.29, 0.717) is 30.5 Å². The van der Waals surface area contributed by atoms with E-state index in [1.54, 1.807) is 36.4 Å². The molecule has 2 N–H and O–H groups in total. The molecule has 0 bridgehead atoms. The number of nitrogens with one attached hydrogen (secondary N) is 2. The number of carbonyl (C=O) groups excluding carboxylic acids is 2. The number of rotatable bonds is 4. The van der Waals surface area contributed by atoms with Crippen molar-refractivity contribution in [1.29, 1.82) is 0 Å². The highest BCUT2D eigenvalue weighted by atomic mass is 19.1. The Bertz CT molecular complexity index is 743. The van der Waals surface area contributed by atoms with Gasteiger partial charge in [-0.05, 0) is 41.8 Å². The fourth-order valence-corrected chi connectivity index (χ4v) is 2.48. The van der Waals surface area contributed by atoms with Gasteiger partial charge in [0.15, 0.2) is 0 Å². The van der Waals surface area contributed by atoms with Gasteiger partial charge in [-0.3, -0.25) is 9.59 Å². The monoisotopic (exact) mass is 298 g/mol. The zero-order chi connectivity index (χ0) is 15.5. The highest BCUT2D eigenvalue weighted by molar-refractivity contribution is 6.01. The van der Waals surface area contributed by atoms with E-state index in [0.717, 1.165) is 11.3 Å². The van der Waals surface area contributed by atoms with E-state index >= 15 is 0 Å². The van der Waals surface area contributed by atoms with Gasteiger partial charge in [0.2, 0.25) is 5.91 Å². The summed E-state index contributed by atoms with van der Waals surface area (Å²) >= 11 is 0. The van der Waals surface area contributed by atoms with Crippen LogP contribution in [0.3, 0.4) is 0 Å².